The van der Waals surface area contributed by atoms with E-state index in [4.69, 9.17) is 5.11 Å². The largest absolute Gasteiger partial charge is 0.478 e. The molecule has 140 valence electrons. The van der Waals surface area contributed by atoms with Gasteiger partial charge < -0.3 is 5.11 Å². The highest BCUT2D eigenvalue weighted by Gasteiger charge is 2.36. The van der Waals surface area contributed by atoms with Crippen molar-refractivity contribution < 1.29 is 9.90 Å². The topological polar surface area (TPSA) is 37.3 Å². The summed E-state index contributed by atoms with van der Waals surface area (Å²) in [6, 6.07) is 6.82. The molecular formula is C23H29BrO2. The number of aliphatic carboxylic acids is 1. The van der Waals surface area contributed by atoms with Gasteiger partial charge in [0.05, 0.1) is 0 Å². The van der Waals surface area contributed by atoms with Crippen molar-refractivity contribution in [2.24, 2.45) is 0 Å². The van der Waals surface area contributed by atoms with Crippen LogP contribution in [0.15, 0.2) is 46.5 Å². The van der Waals surface area contributed by atoms with Gasteiger partial charge in [-0.1, -0.05) is 67.9 Å². The summed E-state index contributed by atoms with van der Waals surface area (Å²) in [5.74, 6) is -0.927. The van der Waals surface area contributed by atoms with Crippen LogP contribution < -0.4 is 0 Å². The third-order valence-corrected chi connectivity index (χ3v) is 6.35. The van der Waals surface area contributed by atoms with Crippen molar-refractivity contribution in [3.63, 3.8) is 0 Å². The molecule has 3 heteroatoms. The summed E-state index contributed by atoms with van der Waals surface area (Å²) in [6.07, 6.45) is 7.34. The average molecular weight is 417 g/mol. The van der Waals surface area contributed by atoms with E-state index in [1.54, 1.807) is 6.92 Å². The van der Waals surface area contributed by atoms with E-state index in [1.165, 1.54) is 35.6 Å². The molecule has 0 amide bonds. The molecule has 0 fully saturated rings. The van der Waals surface area contributed by atoms with Gasteiger partial charge in [-0.05, 0) is 71.4 Å². The van der Waals surface area contributed by atoms with Crippen LogP contribution in [-0.2, 0) is 15.6 Å². The van der Waals surface area contributed by atoms with Crippen LogP contribution in [0.5, 0.6) is 0 Å². The summed E-state index contributed by atoms with van der Waals surface area (Å²) in [5, 5.41) is 8.81. The minimum absolute atomic E-state index is 0.185. The lowest BCUT2D eigenvalue weighted by atomic mass is 9.63. The second kappa shape index (κ2) is 7.56. The van der Waals surface area contributed by atoms with Gasteiger partial charge in [0.25, 0.3) is 0 Å². The summed E-state index contributed by atoms with van der Waals surface area (Å²) < 4.78 is 0.962. The van der Waals surface area contributed by atoms with E-state index < -0.39 is 5.97 Å². The zero-order valence-corrected chi connectivity index (χ0v) is 18.2. The number of fused-ring (bicyclic) bond motifs is 1. The minimum atomic E-state index is -0.927. The van der Waals surface area contributed by atoms with E-state index in [0.717, 1.165) is 10.1 Å². The average Bonchev–Trinajstić information content (AvgIpc) is 2.55. The number of benzene rings is 1. The number of rotatable bonds is 4. The maximum absolute atomic E-state index is 10.7. The van der Waals surface area contributed by atoms with Crippen molar-refractivity contribution in [2.45, 2.75) is 65.2 Å². The SMILES string of the molecule is CC(/C=C/C(Br)=C(/C)c1ccc2c(c1)C(C)(C)CCC2(C)C)=C\C(=O)O. The number of hydrogen-bond acceptors (Lipinski definition) is 1. The molecule has 0 spiro atoms. The summed E-state index contributed by atoms with van der Waals surface area (Å²) in [6.45, 7) is 13.2. The minimum Gasteiger partial charge on any atom is -0.478 e. The van der Waals surface area contributed by atoms with Crippen LogP contribution in [0.2, 0.25) is 0 Å². The van der Waals surface area contributed by atoms with E-state index in [0.29, 0.717) is 5.57 Å². The standard InChI is InChI=1S/C23H29BrO2/c1-15(13-21(25)26)7-10-20(24)16(2)17-8-9-18-19(14-17)23(5,6)12-11-22(18,3)4/h7-10,13-14H,11-12H2,1-6H3,(H,25,26)/b10-7+,15-13+,20-16+. The monoisotopic (exact) mass is 416 g/mol. The lowest BCUT2D eigenvalue weighted by Gasteiger charge is -2.42. The number of halogens is 1. The maximum atomic E-state index is 10.7. The highest BCUT2D eigenvalue weighted by atomic mass is 79.9. The first-order valence-corrected chi connectivity index (χ1v) is 9.84. The third kappa shape index (κ3) is 4.56. The zero-order chi connectivity index (χ0) is 19.7. The molecule has 0 bridgehead atoms. The Hall–Kier alpha value is -1.61. The van der Waals surface area contributed by atoms with Gasteiger partial charge in [0.2, 0.25) is 0 Å². The van der Waals surface area contributed by atoms with Crippen LogP contribution in [0.3, 0.4) is 0 Å². The van der Waals surface area contributed by atoms with Crippen molar-refractivity contribution in [1.29, 1.82) is 0 Å². The van der Waals surface area contributed by atoms with Gasteiger partial charge >= 0.3 is 5.97 Å². The molecule has 0 radical (unpaired) electrons. The van der Waals surface area contributed by atoms with Gasteiger partial charge in [0.1, 0.15) is 0 Å². The van der Waals surface area contributed by atoms with Crippen molar-refractivity contribution in [3.8, 4) is 0 Å². The van der Waals surface area contributed by atoms with Crippen molar-refractivity contribution >= 4 is 27.5 Å². The molecule has 1 aliphatic carbocycles. The second-order valence-corrected chi connectivity index (χ2v) is 9.42. The van der Waals surface area contributed by atoms with E-state index >= 15 is 0 Å². The summed E-state index contributed by atoms with van der Waals surface area (Å²) >= 11 is 3.64. The normalized spacial score (nSPS) is 19.9. The van der Waals surface area contributed by atoms with Crippen LogP contribution in [-0.4, -0.2) is 11.1 Å². The van der Waals surface area contributed by atoms with E-state index in [1.807, 2.05) is 12.2 Å². The fourth-order valence-electron chi connectivity index (χ4n) is 3.53. The fraction of sp³-hybridized carbons (Fsp3) is 0.435. The third-order valence-electron chi connectivity index (χ3n) is 5.49. The van der Waals surface area contributed by atoms with Gasteiger partial charge in [0.15, 0.2) is 0 Å². The lowest BCUT2D eigenvalue weighted by molar-refractivity contribution is -0.131. The Morgan fingerprint density at radius 2 is 1.62 bits per heavy atom. The molecule has 1 aromatic rings. The van der Waals surface area contributed by atoms with E-state index in [2.05, 4.69) is 68.7 Å². The Bertz CT molecular complexity index is 807. The fourth-order valence-corrected chi connectivity index (χ4v) is 3.89. The van der Waals surface area contributed by atoms with E-state index in [9.17, 15) is 4.79 Å². The molecule has 0 heterocycles. The molecule has 0 saturated carbocycles. The Morgan fingerprint density at radius 1 is 1.04 bits per heavy atom. The highest BCUT2D eigenvalue weighted by Crippen LogP contribution is 2.46. The second-order valence-electron chi connectivity index (χ2n) is 8.56. The molecular weight excluding hydrogens is 388 g/mol. The molecule has 1 N–H and O–H groups in total. The number of carbonyl (C=O) groups is 1. The summed E-state index contributed by atoms with van der Waals surface area (Å²) in [7, 11) is 0. The number of allylic oxidation sites excluding steroid dienone is 5. The smallest absolute Gasteiger partial charge is 0.328 e. The zero-order valence-electron chi connectivity index (χ0n) is 16.6. The Balaban J connectivity index is 2.43. The predicted molar refractivity (Wildman–Crippen MR) is 114 cm³/mol. The van der Waals surface area contributed by atoms with Gasteiger partial charge in [-0.25, -0.2) is 4.79 Å². The van der Waals surface area contributed by atoms with Gasteiger partial charge in [-0.2, -0.15) is 0 Å². The summed E-state index contributed by atoms with van der Waals surface area (Å²) in [4.78, 5) is 10.7. The molecule has 2 nitrogen and oxygen atoms in total. The predicted octanol–water partition coefficient (Wildman–Crippen LogP) is 6.75. The molecule has 2 rings (SSSR count). The molecule has 0 atom stereocenters. The van der Waals surface area contributed by atoms with Crippen LogP contribution in [0.1, 0.15) is 71.1 Å². The molecule has 0 unspecified atom stereocenters. The molecule has 0 aromatic heterocycles. The first-order chi connectivity index (χ1) is 11.9. The number of hydrogen-bond donors (Lipinski definition) is 1. The first-order valence-electron chi connectivity index (χ1n) is 9.05. The van der Waals surface area contributed by atoms with Gasteiger partial charge in [-0.15, -0.1) is 0 Å². The molecule has 0 saturated heterocycles. The van der Waals surface area contributed by atoms with Crippen LogP contribution in [0, 0.1) is 0 Å². The van der Waals surface area contributed by atoms with Gasteiger partial charge in [0, 0.05) is 10.6 Å². The Kier molecular flexibility index (Phi) is 6.02. The Labute approximate surface area is 165 Å². The van der Waals surface area contributed by atoms with Crippen molar-refractivity contribution in [3.05, 3.63) is 63.2 Å². The summed E-state index contributed by atoms with van der Waals surface area (Å²) in [5.41, 5.74) is 6.35. The van der Waals surface area contributed by atoms with Crippen LogP contribution in [0.4, 0.5) is 0 Å². The quantitative estimate of drug-likeness (QED) is 0.435. The Morgan fingerprint density at radius 3 is 2.19 bits per heavy atom. The molecule has 26 heavy (non-hydrogen) atoms. The van der Waals surface area contributed by atoms with Gasteiger partial charge in [-0.3, -0.25) is 0 Å². The molecule has 1 aromatic carbocycles. The number of carboxylic acid groups (broad SMARTS) is 1. The molecule has 1 aliphatic rings. The van der Waals surface area contributed by atoms with Crippen molar-refractivity contribution in [1.82, 2.24) is 0 Å². The van der Waals surface area contributed by atoms with Crippen LogP contribution in [0.25, 0.3) is 5.57 Å². The number of carboxylic acids is 1. The van der Waals surface area contributed by atoms with Crippen LogP contribution >= 0.6 is 15.9 Å². The molecule has 0 aliphatic heterocycles. The van der Waals surface area contributed by atoms with Crippen molar-refractivity contribution in [2.75, 3.05) is 0 Å². The first kappa shape index (κ1) is 20.7. The van der Waals surface area contributed by atoms with E-state index in [-0.39, 0.29) is 10.8 Å². The maximum Gasteiger partial charge on any atom is 0.328 e. The highest BCUT2D eigenvalue weighted by molar-refractivity contribution is 9.12. The lowest BCUT2D eigenvalue weighted by Crippen LogP contribution is -2.33.